The predicted octanol–water partition coefficient (Wildman–Crippen LogP) is 4.60. The number of non-ortho nitro benzene ring substituents is 1. The minimum absolute atomic E-state index is 0.0849. The van der Waals surface area contributed by atoms with Gasteiger partial charge in [0.1, 0.15) is 5.00 Å². The topological polar surface area (TPSA) is 98.5 Å². The molecule has 2 aromatic rings. The van der Waals surface area contributed by atoms with E-state index in [1.165, 1.54) is 35.6 Å². The molecular formula is C20H22N2O5S. The Morgan fingerprint density at radius 3 is 2.57 bits per heavy atom. The monoisotopic (exact) mass is 402 g/mol. The first-order valence-electron chi connectivity index (χ1n) is 9.17. The Bertz CT molecular complexity index is 917. The first-order chi connectivity index (χ1) is 13.3. The van der Waals surface area contributed by atoms with Crippen LogP contribution in [0.5, 0.6) is 0 Å². The molecule has 1 aliphatic rings. The Balaban J connectivity index is 1.91. The molecule has 1 aromatic carbocycles. The number of thiophene rings is 1. The molecule has 0 radical (unpaired) electrons. The standard InChI is InChI=1S/C20H22N2O5S/c1-11(2)27-20(24)17-15-9-4-12(3)10-16(15)28-19(17)21-18(23)13-5-7-14(8-6-13)22(25)26/h5-8,11-12H,4,9-10H2,1-3H3,(H,21,23)/t12-/m0/s1. The number of ether oxygens (including phenoxy) is 1. The van der Waals surface area contributed by atoms with E-state index in [-0.39, 0.29) is 17.4 Å². The number of hydrogen-bond acceptors (Lipinski definition) is 6. The van der Waals surface area contributed by atoms with Gasteiger partial charge in [0.25, 0.3) is 11.6 Å². The Labute approximate surface area is 166 Å². The van der Waals surface area contributed by atoms with Crippen LogP contribution in [0.3, 0.4) is 0 Å². The normalized spacial score (nSPS) is 15.8. The molecule has 1 heterocycles. The summed E-state index contributed by atoms with van der Waals surface area (Å²) in [6, 6.07) is 5.36. The van der Waals surface area contributed by atoms with Crippen molar-refractivity contribution in [2.75, 3.05) is 5.32 Å². The maximum absolute atomic E-state index is 12.7. The summed E-state index contributed by atoms with van der Waals surface area (Å²) < 4.78 is 5.40. The number of carbonyl (C=O) groups excluding carboxylic acids is 2. The second kappa shape index (κ2) is 8.10. The number of rotatable bonds is 5. The summed E-state index contributed by atoms with van der Waals surface area (Å²) in [5, 5.41) is 14.1. The van der Waals surface area contributed by atoms with Gasteiger partial charge in [-0.15, -0.1) is 11.3 Å². The number of hydrogen-bond donors (Lipinski definition) is 1. The highest BCUT2D eigenvalue weighted by atomic mass is 32.1. The van der Waals surface area contributed by atoms with Crippen LogP contribution in [0.4, 0.5) is 10.7 Å². The Morgan fingerprint density at radius 2 is 1.96 bits per heavy atom. The number of nitrogens with zero attached hydrogens (tertiary/aromatic N) is 1. The molecule has 1 aromatic heterocycles. The van der Waals surface area contributed by atoms with E-state index in [4.69, 9.17) is 4.74 Å². The van der Waals surface area contributed by atoms with Crippen LogP contribution in [0.15, 0.2) is 24.3 Å². The van der Waals surface area contributed by atoms with Gasteiger partial charge in [-0.05, 0) is 56.7 Å². The summed E-state index contributed by atoms with van der Waals surface area (Å²) >= 11 is 1.41. The van der Waals surface area contributed by atoms with Gasteiger partial charge in [0.2, 0.25) is 0 Å². The lowest BCUT2D eigenvalue weighted by molar-refractivity contribution is -0.384. The molecule has 28 heavy (non-hydrogen) atoms. The maximum Gasteiger partial charge on any atom is 0.341 e. The maximum atomic E-state index is 12.7. The predicted molar refractivity (Wildman–Crippen MR) is 107 cm³/mol. The van der Waals surface area contributed by atoms with Gasteiger partial charge in [0.05, 0.1) is 16.6 Å². The van der Waals surface area contributed by atoms with E-state index >= 15 is 0 Å². The van der Waals surface area contributed by atoms with Crippen molar-refractivity contribution in [1.82, 2.24) is 0 Å². The third kappa shape index (κ3) is 4.22. The van der Waals surface area contributed by atoms with Gasteiger partial charge in [-0.3, -0.25) is 14.9 Å². The van der Waals surface area contributed by atoms with Gasteiger partial charge in [-0.1, -0.05) is 6.92 Å². The van der Waals surface area contributed by atoms with Crippen LogP contribution in [-0.4, -0.2) is 22.9 Å². The molecule has 0 spiro atoms. The highest BCUT2D eigenvalue weighted by Gasteiger charge is 2.29. The molecule has 0 unspecified atom stereocenters. The van der Waals surface area contributed by atoms with Crippen LogP contribution < -0.4 is 5.32 Å². The zero-order chi connectivity index (χ0) is 20.4. The number of fused-ring (bicyclic) bond motifs is 1. The van der Waals surface area contributed by atoms with Crippen LogP contribution in [0.1, 0.15) is 58.3 Å². The van der Waals surface area contributed by atoms with Gasteiger partial charge in [-0.25, -0.2) is 4.79 Å². The van der Waals surface area contributed by atoms with Crippen molar-refractivity contribution in [1.29, 1.82) is 0 Å². The molecule has 1 amide bonds. The molecule has 1 atom stereocenters. The minimum Gasteiger partial charge on any atom is -0.459 e. The number of carbonyl (C=O) groups is 2. The lowest BCUT2D eigenvalue weighted by Crippen LogP contribution is -2.18. The third-order valence-electron chi connectivity index (χ3n) is 4.63. The van der Waals surface area contributed by atoms with E-state index in [1.54, 1.807) is 13.8 Å². The fraction of sp³-hybridized carbons (Fsp3) is 0.400. The molecule has 0 bridgehead atoms. The largest absolute Gasteiger partial charge is 0.459 e. The lowest BCUT2D eigenvalue weighted by atomic mass is 9.88. The molecule has 1 N–H and O–H groups in total. The van der Waals surface area contributed by atoms with Gasteiger partial charge in [0, 0.05) is 22.6 Å². The zero-order valence-electron chi connectivity index (χ0n) is 16.0. The first kappa shape index (κ1) is 20.0. The SMILES string of the molecule is CC(C)OC(=O)c1c(NC(=O)c2ccc([N+](=O)[O-])cc2)sc2c1CC[C@H](C)C2. The third-order valence-corrected chi connectivity index (χ3v) is 5.80. The smallest absolute Gasteiger partial charge is 0.341 e. The fourth-order valence-electron chi connectivity index (χ4n) is 3.24. The van der Waals surface area contributed by atoms with Crippen LogP contribution in [0.2, 0.25) is 0 Å². The molecule has 3 rings (SSSR count). The molecule has 0 saturated heterocycles. The molecule has 7 nitrogen and oxygen atoms in total. The summed E-state index contributed by atoms with van der Waals surface area (Å²) in [5.41, 5.74) is 1.61. The van der Waals surface area contributed by atoms with Crippen LogP contribution in [0.25, 0.3) is 0 Å². The van der Waals surface area contributed by atoms with Crippen molar-refractivity contribution in [3.63, 3.8) is 0 Å². The van der Waals surface area contributed by atoms with Crippen LogP contribution in [0, 0.1) is 16.0 Å². The number of esters is 1. The van der Waals surface area contributed by atoms with Crippen molar-refractivity contribution in [2.45, 2.75) is 46.1 Å². The van der Waals surface area contributed by atoms with E-state index in [9.17, 15) is 19.7 Å². The number of nitrogens with one attached hydrogen (secondary N) is 1. The lowest BCUT2D eigenvalue weighted by Gasteiger charge is -2.18. The molecule has 0 saturated carbocycles. The molecule has 148 valence electrons. The van der Waals surface area contributed by atoms with Gasteiger partial charge < -0.3 is 10.1 Å². The summed E-state index contributed by atoms with van der Waals surface area (Å²) in [4.78, 5) is 36.7. The van der Waals surface area contributed by atoms with E-state index in [0.717, 1.165) is 29.7 Å². The highest BCUT2D eigenvalue weighted by Crippen LogP contribution is 2.40. The van der Waals surface area contributed by atoms with E-state index < -0.39 is 16.8 Å². The van der Waals surface area contributed by atoms with Gasteiger partial charge in [-0.2, -0.15) is 0 Å². The van der Waals surface area contributed by atoms with Crippen LogP contribution >= 0.6 is 11.3 Å². The van der Waals surface area contributed by atoms with Gasteiger partial charge >= 0.3 is 5.97 Å². The van der Waals surface area contributed by atoms with Crippen LogP contribution in [-0.2, 0) is 17.6 Å². The Hall–Kier alpha value is -2.74. The molecule has 0 fully saturated rings. The number of amides is 1. The number of anilines is 1. The minimum atomic E-state index is -0.518. The first-order valence-corrected chi connectivity index (χ1v) is 9.99. The Morgan fingerprint density at radius 1 is 1.29 bits per heavy atom. The summed E-state index contributed by atoms with van der Waals surface area (Å²) in [6.45, 7) is 5.74. The van der Waals surface area contributed by atoms with E-state index in [1.807, 2.05) is 0 Å². The second-order valence-electron chi connectivity index (χ2n) is 7.27. The average Bonchev–Trinajstić information content (AvgIpc) is 2.98. The van der Waals surface area contributed by atoms with Crippen molar-refractivity contribution in [3.05, 3.63) is 55.9 Å². The molecule has 8 heteroatoms. The molecule has 1 aliphatic carbocycles. The quantitative estimate of drug-likeness (QED) is 0.448. The second-order valence-corrected chi connectivity index (χ2v) is 8.37. The van der Waals surface area contributed by atoms with Crippen molar-refractivity contribution < 1.29 is 19.2 Å². The van der Waals surface area contributed by atoms with E-state index in [2.05, 4.69) is 12.2 Å². The number of benzene rings is 1. The molecule has 0 aliphatic heterocycles. The summed E-state index contributed by atoms with van der Waals surface area (Å²) in [7, 11) is 0. The van der Waals surface area contributed by atoms with Crippen molar-refractivity contribution in [2.24, 2.45) is 5.92 Å². The zero-order valence-corrected chi connectivity index (χ0v) is 16.8. The Kier molecular flexibility index (Phi) is 5.79. The van der Waals surface area contributed by atoms with Gasteiger partial charge in [0.15, 0.2) is 0 Å². The van der Waals surface area contributed by atoms with E-state index in [0.29, 0.717) is 16.5 Å². The van der Waals surface area contributed by atoms with Crippen molar-refractivity contribution in [3.8, 4) is 0 Å². The average molecular weight is 402 g/mol. The molecular weight excluding hydrogens is 380 g/mol. The highest BCUT2D eigenvalue weighted by molar-refractivity contribution is 7.17. The fourth-order valence-corrected chi connectivity index (χ4v) is 4.63. The van der Waals surface area contributed by atoms with Crippen molar-refractivity contribution >= 4 is 33.9 Å². The summed E-state index contributed by atoms with van der Waals surface area (Å²) in [6.07, 6.45) is 2.38. The number of nitro benzene ring substituents is 1. The summed E-state index contributed by atoms with van der Waals surface area (Å²) in [5.74, 6) is -0.320. The number of nitro groups is 1.